The Bertz CT molecular complexity index is 847. The Kier molecular flexibility index (Phi) is 6.10. The first-order chi connectivity index (χ1) is 14.1. The monoisotopic (exact) mass is 401 g/mol. The van der Waals surface area contributed by atoms with Crippen molar-refractivity contribution >= 4 is 5.91 Å². The van der Waals surface area contributed by atoms with Crippen LogP contribution in [0.5, 0.6) is 5.75 Å². The minimum atomic E-state index is -0.378. The number of hydrogen-bond donors (Lipinski definition) is 2. The summed E-state index contributed by atoms with van der Waals surface area (Å²) in [6.45, 7) is 5.33. The van der Waals surface area contributed by atoms with Crippen LogP contribution in [-0.4, -0.2) is 71.8 Å². The van der Waals surface area contributed by atoms with E-state index in [0.29, 0.717) is 12.5 Å². The molecule has 0 spiro atoms. The molecule has 156 valence electrons. The minimum absolute atomic E-state index is 0.160. The van der Waals surface area contributed by atoms with Gasteiger partial charge in [0, 0.05) is 49.8 Å². The number of nitrogens with one attached hydrogen (secondary N) is 2. The average molecular weight is 401 g/mol. The van der Waals surface area contributed by atoms with Crippen LogP contribution in [0.1, 0.15) is 24.8 Å². The van der Waals surface area contributed by atoms with E-state index in [1.165, 1.54) is 13.2 Å². The summed E-state index contributed by atoms with van der Waals surface area (Å²) in [5.74, 6) is 0.0199. The molecule has 2 aromatic rings. The molecule has 0 radical (unpaired) electrons. The molecule has 1 amide bonds. The number of aromatic amines is 1. The molecule has 0 atom stereocenters. The molecule has 1 aromatic heterocycles. The number of likely N-dealkylation sites (tertiary alicyclic amines) is 1. The van der Waals surface area contributed by atoms with Crippen LogP contribution in [0.3, 0.4) is 0 Å². The van der Waals surface area contributed by atoms with E-state index in [1.807, 2.05) is 12.3 Å². The molecule has 2 saturated heterocycles. The Morgan fingerprint density at radius 3 is 2.83 bits per heavy atom. The first-order valence-corrected chi connectivity index (χ1v) is 10.2. The van der Waals surface area contributed by atoms with Gasteiger partial charge in [0.1, 0.15) is 0 Å². The van der Waals surface area contributed by atoms with E-state index in [4.69, 9.17) is 4.74 Å². The van der Waals surface area contributed by atoms with Crippen LogP contribution in [0.15, 0.2) is 24.4 Å². The van der Waals surface area contributed by atoms with Crippen LogP contribution in [0, 0.1) is 5.82 Å². The van der Waals surface area contributed by atoms with E-state index in [-0.39, 0.29) is 17.5 Å². The van der Waals surface area contributed by atoms with Crippen LogP contribution >= 0.6 is 0 Å². The number of nitrogens with zero attached hydrogens (tertiary/aromatic N) is 3. The highest BCUT2D eigenvalue weighted by Gasteiger charge is 2.26. The van der Waals surface area contributed by atoms with E-state index < -0.39 is 0 Å². The van der Waals surface area contributed by atoms with Crippen molar-refractivity contribution in [2.24, 2.45) is 0 Å². The predicted molar refractivity (Wildman–Crippen MR) is 108 cm³/mol. The van der Waals surface area contributed by atoms with Crippen LogP contribution < -0.4 is 10.1 Å². The van der Waals surface area contributed by atoms with Crippen LogP contribution in [-0.2, 0) is 11.3 Å². The maximum Gasteiger partial charge on any atom is 0.221 e. The second-order valence-corrected chi connectivity index (χ2v) is 7.76. The molecule has 2 aliphatic heterocycles. The van der Waals surface area contributed by atoms with Gasteiger partial charge >= 0.3 is 0 Å². The number of carbonyl (C=O) groups excluding carboxylic acids is 1. The summed E-state index contributed by atoms with van der Waals surface area (Å²) < 4.78 is 19.1. The minimum Gasteiger partial charge on any atom is -0.494 e. The highest BCUT2D eigenvalue weighted by molar-refractivity contribution is 5.76. The molecule has 0 unspecified atom stereocenters. The van der Waals surface area contributed by atoms with E-state index in [1.54, 1.807) is 6.07 Å². The second kappa shape index (κ2) is 8.92. The van der Waals surface area contributed by atoms with Gasteiger partial charge in [-0.1, -0.05) is 0 Å². The lowest BCUT2D eigenvalue weighted by molar-refractivity contribution is -0.120. The number of aromatic nitrogens is 2. The normalized spacial score (nSPS) is 19.7. The zero-order valence-electron chi connectivity index (χ0n) is 16.8. The number of halogens is 1. The number of methoxy groups -OCH3 is 1. The van der Waals surface area contributed by atoms with Gasteiger partial charge in [-0.25, -0.2) is 4.39 Å². The maximum atomic E-state index is 14.1. The largest absolute Gasteiger partial charge is 0.494 e. The molecule has 29 heavy (non-hydrogen) atoms. The Balaban J connectivity index is 1.36. The van der Waals surface area contributed by atoms with Gasteiger partial charge in [-0.15, -0.1) is 0 Å². The summed E-state index contributed by atoms with van der Waals surface area (Å²) in [6, 6.07) is 5.51. The quantitative estimate of drug-likeness (QED) is 0.802. The van der Waals surface area contributed by atoms with Gasteiger partial charge in [0.2, 0.25) is 5.91 Å². The van der Waals surface area contributed by atoms with E-state index in [2.05, 4.69) is 25.3 Å². The molecule has 3 heterocycles. The molecule has 0 aliphatic carbocycles. The summed E-state index contributed by atoms with van der Waals surface area (Å²) in [7, 11) is 1.46. The van der Waals surface area contributed by atoms with E-state index >= 15 is 0 Å². The highest BCUT2D eigenvalue weighted by atomic mass is 19.1. The topological polar surface area (TPSA) is 73.5 Å². The van der Waals surface area contributed by atoms with Crippen molar-refractivity contribution in [2.75, 3.05) is 39.8 Å². The maximum absolute atomic E-state index is 14.1. The molecule has 2 N–H and O–H groups in total. The summed E-state index contributed by atoms with van der Waals surface area (Å²) in [5, 5.41) is 10.2. The van der Waals surface area contributed by atoms with Crippen molar-refractivity contribution in [3.63, 3.8) is 0 Å². The summed E-state index contributed by atoms with van der Waals surface area (Å²) in [4.78, 5) is 16.4. The van der Waals surface area contributed by atoms with E-state index in [9.17, 15) is 9.18 Å². The molecule has 4 rings (SSSR count). The van der Waals surface area contributed by atoms with E-state index in [0.717, 1.165) is 68.9 Å². The Hall–Kier alpha value is -2.45. The molecule has 2 aliphatic rings. The SMILES string of the molecule is COc1ccc(-c2[nH]ncc2CN2CCC(N3CCNC(=O)CC3)CC2)cc1F. The van der Waals surface area contributed by atoms with Gasteiger partial charge in [0.05, 0.1) is 19.0 Å². The number of amides is 1. The lowest BCUT2D eigenvalue weighted by Crippen LogP contribution is -2.45. The summed E-state index contributed by atoms with van der Waals surface area (Å²) in [5.41, 5.74) is 2.69. The number of rotatable bonds is 5. The average Bonchev–Trinajstić information content (AvgIpc) is 3.08. The smallest absolute Gasteiger partial charge is 0.221 e. The number of hydrogen-bond acceptors (Lipinski definition) is 5. The van der Waals surface area contributed by atoms with Crippen molar-refractivity contribution in [2.45, 2.75) is 31.8 Å². The number of benzene rings is 1. The number of ether oxygens (including phenoxy) is 1. The fraction of sp³-hybridized carbons (Fsp3) is 0.524. The van der Waals surface area contributed by atoms with Crippen LogP contribution in [0.4, 0.5) is 4.39 Å². The van der Waals surface area contributed by atoms with Crippen LogP contribution in [0.25, 0.3) is 11.3 Å². The lowest BCUT2D eigenvalue weighted by Gasteiger charge is -2.37. The summed E-state index contributed by atoms with van der Waals surface area (Å²) >= 11 is 0. The van der Waals surface area contributed by atoms with Gasteiger partial charge in [0.25, 0.3) is 0 Å². The van der Waals surface area contributed by atoms with Gasteiger partial charge in [-0.2, -0.15) is 5.10 Å². The second-order valence-electron chi connectivity index (χ2n) is 7.76. The van der Waals surface area contributed by atoms with Gasteiger partial charge < -0.3 is 10.1 Å². The molecule has 0 saturated carbocycles. The molecule has 1 aromatic carbocycles. The fourth-order valence-corrected chi connectivity index (χ4v) is 4.34. The fourth-order valence-electron chi connectivity index (χ4n) is 4.34. The standard InChI is InChI=1S/C21H28FN5O2/c1-29-19-3-2-15(12-18(19)22)21-16(13-24-25-21)14-26-8-4-17(5-9-26)27-10-6-20(28)23-7-11-27/h2-3,12-13,17H,4-11,14H2,1H3,(H,23,28)(H,24,25). The van der Waals surface area contributed by atoms with Crippen molar-refractivity contribution in [3.8, 4) is 17.0 Å². The third kappa shape index (κ3) is 4.59. The van der Waals surface area contributed by atoms with Crippen molar-refractivity contribution in [3.05, 3.63) is 35.8 Å². The molecule has 0 bridgehead atoms. The van der Waals surface area contributed by atoms with Crippen molar-refractivity contribution < 1.29 is 13.9 Å². The van der Waals surface area contributed by atoms with Gasteiger partial charge in [-0.05, 0) is 44.1 Å². The zero-order chi connectivity index (χ0) is 20.2. The Morgan fingerprint density at radius 1 is 1.24 bits per heavy atom. The van der Waals surface area contributed by atoms with Gasteiger partial charge in [-0.3, -0.25) is 19.7 Å². The first-order valence-electron chi connectivity index (χ1n) is 10.2. The molecule has 7 nitrogen and oxygen atoms in total. The lowest BCUT2D eigenvalue weighted by atomic mass is 10.0. The predicted octanol–water partition coefficient (Wildman–Crippen LogP) is 2.01. The third-order valence-corrected chi connectivity index (χ3v) is 5.97. The molecular weight excluding hydrogens is 373 g/mol. The Morgan fingerprint density at radius 2 is 2.07 bits per heavy atom. The summed E-state index contributed by atoms with van der Waals surface area (Å²) in [6.07, 6.45) is 4.61. The molecular formula is C21H28FN5O2. The number of H-pyrrole nitrogens is 1. The Labute approximate surface area is 170 Å². The molecule has 8 heteroatoms. The van der Waals surface area contributed by atoms with Crippen molar-refractivity contribution in [1.82, 2.24) is 25.3 Å². The van der Waals surface area contributed by atoms with Crippen molar-refractivity contribution in [1.29, 1.82) is 0 Å². The molecule has 2 fully saturated rings. The number of carbonyl (C=O) groups is 1. The van der Waals surface area contributed by atoms with Gasteiger partial charge in [0.15, 0.2) is 11.6 Å². The zero-order valence-corrected chi connectivity index (χ0v) is 16.8. The number of piperidine rings is 1. The first kappa shape index (κ1) is 19.8. The van der Waals surface area contributed by atoms with Crippen LogP contribution in [0.2, 0.25) is 0 Å². The third-order valence-electron chi connectivity index (χ3n) is 5.97. The highest BCUT2D eigenvalue weighted by Crippen LogP contribution is 2.28.